The van der Waals surface area contributed by atoms with Gasteiger partial charge in [0.05, 0.1) is 23.2 Å². The Bertz CT molecular complexity index is 735. The number of aryl methyl sites for hydroxylation is 2. The van der Waals surface area contributed by atoms with Gasteiger partial charge in [-0.2, -0.15) is 0 Å². The average molecular weight is 300 g/mol. The van der Waals surface area contributed by atoms with Crippen molar-refractivity contribution in [3.63, 3.8) is 0 Å². The van der Waals surface area contributed by atoms with Crippen LogP contribution in [0, 0.1) is 20.8 Å². The van der Waals surface area contributed by atoms with Gasteiger partial charge in [0, 0.05) is 18.1 Å². The molecular weight excluding hydrogens is 276 g/mol. The molecule has 0 aliphatic heterocycles. The Morgan fingerprint density at radius 3 is 2.50 bits per heavy atom. The number of rotatable bonds is 3. The zero-order chi connectivity index (χ0) is 16.7. The number of aromatic nitrogens is 1. The van der Waals surface area contributed by atoms with E-state index in [0.29, 0.717) is 5.56 Å². The van der Waals surface area contributed by atoms with E-state index in [2.05, 4.69) is 4.98 Å². The number of hydrogen-bond acceptors (Lipinski definition) is 3. The first-order valence-corrected chi connectivity index (χ1v) is 7.45. The van der Waals surface area contributed by atoms with E-state index in [1.807, 2.05) is 52.8 Å². The number of fused-ring (bicyclic) bond motifs is 1. The van der Waals surface area contributed by atoms with Crippen LogP contribution in [0.4, 0.5) is 0 Å². The van der Waals surface area contributed by atoms with Crippen LogP contribution in [0.3, 0.4) is 0 Å². The first-order valence-electron chi connectivity index (χ1n) is 7.45. The van der Waals surface area contributed by atoms with Gasteiger partial charge in [-0.15, -0.1) is 0 Å². The standard InChI is InChI=1S/C18H24N2O2/c1-11-7-8-15-14(9-11)16(12(2)13(3)19-15)17(22)20(6)18(4,5)10-21/h7-9,21H,10H2,1-6H3. The summed E-state index contributed by atoms with van der Waals surface area (Å²) in [5.74, 6) is -0.0855. The van der Waals surface area contributed by atoms with Gasteiger partial charge in [-0.1, -0.05) is 11.6 Å². The van der Waals surface area contributed by atoms with Gasteiger partial charge in [0.1, 0.15) is 0 Å². The predicted octanol–water partition coefficient (Wildman–Crippen LogP) is 3.00. The molecule has 118 valence electrons. The monoisotopic (exact) mass is 300 g/mol. The topological polar surface area (TPSA) is 53.4 Å². The van der Waals surface area contributed by atoms with Crippen molar-refractivity contribution in [1.29, 1.82) is 0 Å². The predicted molar refractivity (Wildman–Crippen MR) is 89.2 cm³/mol. The molecule has 1 aromatic heterocycles. The van der Waals surface area contributed by atoms with Gasteiger partial charge in [-0.3, -0.25) is 9.78 Å². The molecule has 2 rings (SSSR count). The molecule has 22 heavy (non-hydrogen) atoms. The van der Waals surface area contributed by atoms with Gasteiger partial charge in [-0.05, 0) is 52.3 Å². The number of likely N-dealkylation sites (N-methyl/N-ethyl adjacent to an activating group) is 1. The molecule has 0 saturated carbocycles. The first kappa shape index (κ1) is 16.4. The number of aliphatic hydroxyl groups excluding tert-OH is 1. The Hall–Kier alpha value is -1.94. The lowest BCUT2D eigenvalue weighted by molar-refractivity contribution is 0.0474. The van der Waals surface area contributed by atoms with Crippen molar-refractivity contribution in [2.45, 2.75) is 40.2 Å². The van der Waals surface area contributed by atoms with Gasteiger partial charge < -0.3 is 10.0 Å². The number of pyridine rings is 1. The summed E-state index contributed by atoms with van der Waals surface area (Å²) in [7, 11) is 1.73. The molecule has 0 fully saturated rings. The van der Waals surface area contributed by atoms with E-state index in [0.717, 1.165) is 27.7 Å². The zero-order valence-electron chi connectivity index (χ0n) is 14.2. The quantitative estimate of drug-likeness (QED) is 0.948. The minimum Gasteiger partial charge on any atom is -0.394 e. The van der Waals surface area contributed by atoms with Crippen molar-refractivity contribution in [1.82, 2.24) is 9.88 Å². The van der Waals surface area contributed by atoms with E-state index in [1.54, 1.807) is 11.9 Å². The van der Waals surface area contributed by atoms with Crippen molar-refractivity contribution < 1.29 is 9.90 Å². The molecular formula is C18H24N2O2. The molecule has 4 nitrogen and oxygen atoms in total. The Morgan fingerprint density at radius 2 is 1.91 bits per heavy atom. The van der Waals surface area contributed by atoms with Crippen molar-refractivity contribution in [2.24, 2.45) is 0 Å². The molecule has 0 aliphatic rings. The van der Waals surface area contributed by atoms with E-state index in [1.165, 1.54) is 0 Å². The summed E-state index contributed by atoms with van der Waals surface area (Å²) in [5, 5.41) is 10.4. The lowest BCUT2D eigenvalue weighted by Crippen LogP contribution is -2.47. The summed E-state index contributed by atoms with van der Waals surface area (Å²) < 4.78 is 0. The molecule has 1 aromatic carbocycles. The van der Waals surface area contributed by atoms with E-state index < -0.39 is 5.54 Å². The summed E-state index contributed by atoms with van der Waals surface area (Å²) in [6.45, 7) is 9.46. The largest absolute Gasteiger partial charge is 0.394 e. The second-order valence-corrected chi connectivity index (χ2v) is 6.55. The number of carbonyl (C=O) groups is 1. The number of nitrogens with zero attached hydrogens (tertiary/aromatic N) is 2. The fourth-order valence-electron chi connectivity index (χ4n) is 2.42. The highest BCUT2D eigenvalue weighted by Gasteiger charge is 2.30. The number of hydrogen-bond donors (Lipinski definition) is 1. The summed E-state index contributed by atoms with van der Waals surface area (Å²) >= 11 is 0. The van der Waals surface area contributed by atoms with Gasteiger partial charge in [-0.25, -0.2) is 0 Å². The Balaban J connectivity index is 2.71. The Labute approximate surface area is 131 Å². The fourth-order valence-corrected chi connectivity index (χ4v) is 2.42. The van der Waals surface area contributed by atoms with Crippen LogP contribution >= 0.6 is 0 Å². The molecule has 0 spiro atoms. The number of aliphatic hydroxyl groups is 1. The summed E-state index contributed by atoms with van der Waals surface area (Å²) in [6.07, 6.45) is 0. The molecule has 4 heteroatoms. The summed E-state index contributed by atoms with van der Waals surface area (Å²) in [5.41, 5.74) is 3.73. The minimum absolute atomic E-state index is 0.0855. The lowest BCUT2D eigenvalue weighted by Gasteiger charge is -2.34. The molecule has 0 saturated heterocycles. The number of amides is 1. The van der Waals surface area contributed by atoms with Crippen LogP contribution in [0.25, 0.3) is 10.9 Å². The third-order valence-corrected chi connectivity index (χ3v) is 4.44. The zero-order valence-corrected chi connectivity index (χ0v) is 14.2. The van der Waals surface area contributed by atoms with Crippen LogP contribution in [-0.4, -0.2) is 40.1 Å². The third kappa shape index (κ3) is 2.71. The second-order valence-electron chi connectivity index (χ2n) is 6.55. The van der Waals surface area contributed by atoms with Gasteiger partial charge in [0.15, 0.2) is 0 Å². The molecule has 1 N–H and O–H groups in total. The maximum Gasteiger partial charge on any atom is 0.255 e. The third-order valence-electron chi connectivity index (χ3n) is 4.44. The van der Waals surface area contributed by atoms with Crippen molar-refractivity contribution in [3.05, 3.63) is 40.6 Å². The van der Waals surface area contributed by atoms with Gasteiger partial charge in [0.25, 0.3) is 5.91 Å². The van der Waals surface area contributed by atoms with E-state index >= 15 is 0 Å². The highest BCUT2D eigenvalue weighted by molar-refractivity contribution is 6.07. The molecule has 0 bridgehead atoms. The smallest absolute Gasteiger partial charge is 0.255 e. The normalized spacial score (nSPS) is 11.8. The number of carbonyl (C=O) groups excluding carboxylic acids is 1. The SMILES string of the molecule is Cc1ccc2nc(C)c(C)c(C(=O)N(C)C(C)(C)CO)c2c1. The van der Waals surface area contributed by atoms with Crippen molar-refractivity contribution in [3.8, 4) is 0 Å². The highest BCUT2D eigenvalue weighted by atomic mass is 16.3. The maximum atomic E-state index is 13.0. The molecule has 0 radical (unpaired) electrons. The number of benzene rings is 1. The van der Waals surface area contributed by atoms with Crippen LogP contribution in [-0.2, 0) is 0 Å². The molecule has 2 aromatic rings. The van der Waals surface area contributed by atoms with Crippen LogP contribution in [0.2, 0.25) is 0 Å². The fraction of sp³-hybridized carbons (Fsp3) is 0.444. The summed E-state index contributed by atoms with van der Waals surface area (Å²) in [4.78, 5) is 19.2. The first-order chi connectivity index (χ1) is 10.2. The van der Waals surface area contributed by atoms with Crippen LogP contribution < -0.4 is 0 Å². The molecule has 1 amide bonds. The van der Waals surface area contributed by atoms with Gasteiger partial charge in [0.2, 0.25) is 0 Å². The van der Waals surface area contributed by atoms with Gasteiger partial charge >= 0.3 is 0 Å². The van der Waals surface area contributed by atoms with Crippen molar-refractivity contribution >= 4 is 16.8 Å². The van der Waals surface area contributed by atoms with E-state index in [-0.39, 0.29) is 12.5 Å². The molecule has 0 atom stereocenters. The highest BCUT2D eigenvalue weighted by Crippen LogP contribution is 2.27. The van der Waals surface area contributed by atoms with E-state index in [4.69, 9.17) is 0 Å². The van der Waals surface area contributed by atoms with E-state index in [9.17, 15) is 9.90 Å². The second kappa shape index (κ2) is 5.69. The van der Waals surface area contributed by atoms with Crippen LogP contribution in [0.15, 0.2) is 18.2 Å². The lowest BCUT2D eigenvalue weighted by atomic mass is 9.97. The molecule has 1 heterocycles. The van der Waals surface area contributed by atoms with Crippen LogP contribution in [0.5, 0.6) is 0 Å². The molecule has 0 aliphatic carbocycles. The Kier molecular flexibility index (Phi) is 4.25. The minimum atomic E-state index is -0.614. The maximum absolute atomic E-state index is 13.0. The summed E-state index contributed by atoms with van der Waals surface area (Å²) in [6, 6.07) is 5.95. The van der Waals surface area contributed by atoms with Crippen LogP contribution in [0.1, 0.15) is 41.0 Å². The average Bonchev–Trinajstić information content (AvgIpc) is 2.47. The van der Waals surface area contributed by atoms with Crippen molar-refractivity contribution in [2.75, 3.05) is 13.7 Å². The molecule has 0 unspecified atom stereocenters. The Morgan fingerprint density at radius 1 is 1.27 bits per heavy atom.